The molecule has 0 saturated carbocycles. The van der Waals surface area contributed by atoms with Crippen molar-refractivity contribution in [2.24, 2.45) is 0 Å². The van der Waals surface area contributed by atoms with Crippen molar-refractivity contribution >= 4 is 31.5 Å². The van der Waals surface area contributed by atoms with E-state index in [1.54, 1.807) is 0 Å². The minimum absolute atomic E-state index is 0.635. The number of pyridine rings is 1. The summed E-state index contributed by atoms with van der Waals surface area (Å²) >= 11 is 1.88. The third kappa shape index (κ3) is 5.14. The molecule has 62 heavy (non-hydrogen) atoms. The summed E-state index contributed by atoms with van der Waals surface area (Å²) in [5.74, 6) is 0.693. The highest BCUT2D eigenvalue weighted by Crippen LogP contribution is 2.62. The number of hydrogen-bond acceptors (Lipinski definition) is 4. The van der Waals surface area contributed by atoms with Gasteiger partial charge < -0.3 is 0 Å². The predicted molar refractivity (Wildman–Crippen MR) is 256 cm³/mol. The van der Waals surface area contributed by atoms with Gasteiger partial charge in [0.15, 0.2) is 5.82 Å². The van der Waals surface area contributed by atoms with Gasteiger partial charge in [-0.05, 0) is 103 Å². The lowest BCUT2D eigenvalue weighted by molar-refractivity contribution is 0.777. The van der Waals surface area contributed by atoms with E-state index in [2.05, 4.69) is 193 Å². The number of nitrogens with zero attached hydrogens (tertiary/aromatic N) is 3. The van der Waals surface area contributed by atoms with Crippen LogP contribution in [0.5, 0.6) is 0 Å². The van der Waals surface area contributed by atoms with Gasteiger partial charge in [-0.3, -0.25) is 4.98 Å². The first kappa shape index (κ1) is 35.0. The zero-order valence-corrected chi connectivity index (χ0v) is 34.3. The molecular formula is C58H35N3S. The summed E-state index contributed by atoms with van der Waals surface area (Å²) in [6, 6.07) is 73.3. The van der Waals surface area contributed by atoms with Crippen molar-refractivity contribution in [1.29, 1.82) is 0 Å². The first-order chi connectivity index (χ1) is 30.7. The Balaban J connectivity index is 1.10. The lowest BCUT2D eigenvalue weighted by Gasteiger charge is -2.35. The second kappa shape index (κ2) is 13.6. The third-order valence-corrected chi connectivity index (χ3v) is 14.2. The number of fused-ring (bicyclic) bond motifs is 15. The van der Waals surface area contributed by atoms with Crippen molar-refractivity contribution in [3.63, 3.8) is 0 Å². The Morgan fingerprint density at radius 2 is 0.919 bits per heavy atom. The average molecular weight is 806 g/mol. The molecule has 8 aromatic carbocycles. The highest BCUT2D eigenvalue weighted by atomic mass is 32.1. The van der Waals surface area contributed by atoms with Gasteiger partial charge >= 0.3 is 0 Å². The molecule has 3 nitrogen and oxygen atoms in total. The van der Waals surface area contributed by atoms with Gasteiger partial charge in [0.25, 0.3) is 0 Å². The summed E-state index contributed by atoms with van der Waals surface area (Å²) in [6.07, 6.45) is 3.71. The van der Waals surface area contributed by atoms with E-state index in [1.165, 1.54) is 75.8 Å². The summed E-state index contributed by atoms with van der Waals surface area (Å²) in [7, 11) is 0. The molecule has 3 aromatic heterocycles. The number of benzene rings is 8. The Morgan fingerprint density at radius 1 is 0.339 bits per heavy atom. The van der Waals surface area contributed by atoms with Crippen LogP contribution >= 0.6 is 11.3 Å². The molecule has 288 valence electrons. The third-order valence-electron chi connectivity index (χ3n) is 13.0. The number of hydrogen-bond donors (Lipinski definition) is 0. The maximum Gasteiger partial charge on any atom is 0.160 e. The highest BCUT2D eigenvalue weighted by Gasteiger charge is 2.50. The molecule has 1 spiro atoms. The largest absolute Gasteiger partial charge is 0.264 e. The van der Waals surface area contributed by atoms with Crippen molar-refractivity contribution in [2.45, 2.75) is 5.41 Å². The van der Waals surface area contributed by atoms with Gasteiger partial charge in [-0.15, -0.1) is 11.3 Å². The van der Waals surface area contributed by atoms with E-state index in [9.17, 15) is 0 Å². The van der Waals surface area contributed by atoms with E-state index in [4.69, 9.17) is 9.97 Å². The van der Waals surface area contributed by atoms with Crippen LogP contribution in [0.1, 0.15) is 22.3 Å². The quantitative estimate of drug-likeness (QED) is 0.178. The van der Waals surface area contributed by atoms with Crippen molar-refractivity contribution in [3.8, 4) is 78.4 Å². The van der Waals surface area contributed by atoms with Gasteiger partial charge in [0.1, 0.15) is 0 Å². The molecule has 0 amide bonds. The fourth-order valence-electron chi connectivity index (χ4n) is 10.3. The van der Waals surface area contributed by atoms with E-state index in [0.29, 0.717) is 5.82 Å². The molecule has 13 rings (SSSR count). The second-order valence-corrected chi connectivity index (χ2v) is 17.4. The zero-order valence-electron chi connectivity index (χ0n) is 33.5. The van der Waals surface area contributed by atoms with Gasteiger partial charge in [-0.1, -0.05) is 164 Å². The van der Waals surface area contributed by atoms with Crippen LogP contribution < -0.4 is 0 Å². The highest BCUT2D eigenvalue weighted by molar-refractivity contribution is 7.25. The van der Waals surface area contributed by atoms with Crippen molar-refractivity contribution in [2.75, 3.05) is 0 Å². The molecule has 0 N–H and O–H groups in total. The fraction of sp³-hybridized carbons (Fsp3) is 0.0172. The Kier molecular flexibility index (Phi) is 7.69. The van der Waals surface area contributed by atoms with Gasteiger partial charge in [0.2, 0.25) is 0 Å². The molecular weight excluding hydrogens is 771 g/mol. The molecule has 0 bridgehead atoms. The molecule has 3 heterocycles. The zero-order chi connectivity index (χ0) is 40.8. The van der Waals surface area contributed by atoms with Crippen LogP contribution in [0.2, 0.25) is 0 Å². The normalized spacial score (nSPS) is 14.5. The standard InChI is InChI=1S/C58H35N3S/c1-2-13-38(14-3-1)57-60-53(37-26-24-36(25-27-37)40-15-12-30-59-35-40)34-54(61-57)39-28-29-45-42-17-5-4-16-41(42)43-18-6-9-21-49(43)58(51(45)31-39)50-22-10-7-19-44(50)47-33-56-48(32-52(47)58)46-20-8-11-23-55(46)62-56/h1-35H. The first-order valence-electron chi connectivity index (χ1n) is 21.1. The summed E-state index contributed by atoms with van der Waals surface area (Å²) < 4.78 is 2.62. The van der Waals surface area contributed by atoms with E-state index in [-0.39, 0.29) is 0 Å². The topological polar surface area (TPSA) is 38.7 Å². The first-order valence-corrected chi connectivity index (χ1v) is 21.9. The molecule has 0 saturated heterocycles. The number of rotatable bonds is 4. The Bertz CT molecular complexity index is 3570. The fourth-order valence-corrected chi connectivity index (χ4v) is 11.4. The summed E-state index contributed by atoms with van der Waals surface area (Å²) in [5, 5.41) is 2.60. The van der Waals surface area contributed by atoms with E-state index < -0.39 is 5.41 Å². The summed E-state index contributed by atoms with van der Waals surface area (Å²) in [6.45, 7) is 0. The van der Waals surface area contributed by atoms with E-state index in [0.717, 1.165) is 39.2 Å². The van der Waals surface area contributed by atoms with Crippen LogP contribution in [0.4, 0.5) is 0 Å². The SMILES string of the molecule is c1ccc(-c2nc(-c3ccc(-c4cccnc4)cc3)cc(-c3ccc4c(c3)C3(c5ccccc5-c5ccccc5-4)c4ccccc4-c4cc5sc6ccccc6c5cc43)n2)cc1. The predicted octanol–water partition coefficient (Wildman–Crippen LogP) is 14.9. The van der Waals surface area contributed by atoms with Crippen molar-refractivity contribution in [3.05, 3.63) is 235 Å². The van der Waals surface area contributed by atoms with Gasteiger partial charge in [-0.25, -0.2) is 9.97 Å². The average Bonchev–Trinajstić information content (AvgIpc) is 3.83. The van der Waals surface area contributed by atoms with E-state index in [1.807, 2.05) is 35.9 Å². The van der Waals surface area contributed by atoms with Crippen LogP contribution in [0.3, 0.4) is 0 Å². The minimum atomic E-state index is -0.635. The molecule has 2 aliphatic rings. The van der Waals surface area contributed by atoms with Crippen LogP contribution in [0, 0.1) is 0 Å². The molecule has 1 atom stereocenters. The van der Waals surface area contributed by atoms with Gasteiger partial charge in [-0.2, -0.15) is 0 Å². The van der Waals surface area contributed by atoms with E-state index >= 15 is 0 Å². The Morgan fingerprint density at radius 3 is 1.66 bits per heavy atom. The minimum Gasteiger partial charge on any atom is -0.264 e. The summed E-state index contributed by atoms with van der Waals surface area (Å²) in [5.41, 5.74) is 19.0. The Hall–Kier alpha value is -7.79. The molecule has 2 aliphatic carbocycles. The lowest BCUT2D eigenvalue weighted by atomic mass is 9.65. The monoisotopic (exact) mass is 805 g/mol. The van der Waals surface area contributed by atoms with Crippen molar-refractivity contribution < 1.29 is 0 Å². The molecule has 0 aliphatic heterocycles. The summed E-state index contributed by atoms with van der Waals surface area (Å²) in [4.78, 5) is 14.9. The lowest BCUT2D eigenvalue weighted by Crippen LogP contribution is -2.29. The molecule has 1 unspecified atom stereocenters. The van der Waals surface area contributed by atoms with Crippen LogP contribution in [-0.4, -0.2) is 15.0 Å². The molecule has 11 aromatic rings. The molecule has 0 radical (unpaired) electrons. The Labute approximate surface area is 363 Å². The van der Waals surface area contributed by atoms with Crippen molar-refractivity contribution in [1.82, 2.24) is 15.0 Å². The van der Waals surface area contributed by atoms with Crippen LogP contribution in [0.25, 0.3) is 98.6 Å². The maximum absolute atomic E-state index is 5.38. The molecule has 4 heteroatoms. The van der Waals surface area contributed by atoms with Gasteiger partial charge in [0.05, 0.1) is 16.8 Å². The van der Waals surface area contributed by atoms with Gasteiger partial charge in [0, 0.05) is 49.3 Å². The number of thiophene rings is 1. The smallest absolute Gasteiger partial charge is 0.160 e. The van der Waals surface area contributed by atoms with Crippen LogP contribution in [0.15, 0.2) is 213 Å². The maximum atomic E-state index is 5.38. The molecule has 0 fully saturated rings. The number of aromatic nitrogens is 3. The van der Waals surface area contributed by atoms with Crippen LogP contribution in [-0.2, 0) is 5.41 Å². The second-order valence-electron chi connectivity index (χ2n) is 16.3.